The second-order valence-electron chi connectivity index (χ2n) is 4.60. The molecule has 0 aliphatic heterocycles. The second-order valence-corrected chi connectivity index (χ2v) is 4.60. The highest BCUT2D eigenvalue weighted by atomic mass is 16.5. The van der Waals surface area contributed by atoms with Crippen LogP contribution in [0.15, 0.2) is 4.52 Å². The van der Waals surface area contributed by atoms with Crippen LogP contribution in [0.3, 0.4) is 0 Å². The highest BCUT2D eigenvalue weighted by Gasteiger charge is 2.15. The highest BCUT2D eigenvalue weighted by Crippen LogP contribution is 2.20. The molecule has 0 bridgehead atoms. The van der Waals surface area contributed by atoms with Gasteiger partial charge in [-0.1, -0.05) is 19.0 Å². The summed E-state index contributed by atoms with van der Waals surface area (Å²) in [7, 11) is 0. The largest absolute Gasteiger partial charge is 0.361 e. The Morgan fingerprint density at radius 1 is 1.27 bits per heavy atom. The minimum Gasteiger partial charge on any atom is -0.361 e. The third kappa shape index (κ3) is 3.34. The van der Waals surface area contributed by atoms with Crippen LogP contribution >= 0.6 is 0 Å². The number of nitrogens with one attached hydrogen (secondary N) is 1. The van der Waals surface area contributed by atoms with E-state index in [4.69, 9.17) is 4.52 Å². The lowest BCUT2D eigenvalue weighted by molar-refractivity contribution is 0.390. The summed E-state index contributed by atoms with van der Waals surface area (Å²) in [6.45, 7) is 11.6. The molecule has 1 atom stereocenters. The first kappa shape index (κ1) is 12.2. The minimum absolute atomic E-state index is 0.329. The lowest BCUT2D eigenvalue weighted by Gasteiger charge is -2.14. The smallest absolute Gasteiger partial charge is 0.138 e. The topological polar surface area (TPSA) is 38.1 Å². The first-order valence-electron chi connectivity index (χ1n) is 5.68. The fourth-order valence-corrected chi connectivity index (χ4v) is 1.80. The lowest BCUT2D eigenvalue weighted by atomic mass is 10.1. The maximum absolute atomic E-state index is 5.15. The molecule has 86 valence electrons. The fraction of sp³-hybridized carbons (Fsp3) is 0.750. The summed E-state index contributed by atoms with van der Waals surface area (Å²) in [6.07, 6.45) is 1.20. The standard InChI is InChI=1S/C12H22N2O/c1-8(2)6-7-13-9(3)12-10(4)14-15-11(12)5/h8-9,13H,6-7H2,1-5H3. The van der Waals surface area contributed by atoms with E-state index in [1.165, 1.54) is 12.0 Å². The minimum atomic E-state index is 0.329. The lowest BCUT2D eigenvalue weighted by Crippen LogP contribution is -2.21. The van der Waals surface area contributed by atoms with Crippen molar-refractivity contribution >= 4 is 0 Å². The molecule has 1 rings (SSSR count). The molecule has 1 N–H and O–H groups in total. The molecule has 0 aliphatic carbocycles. The molecule has 0 amide bonds. The number of nitrogens with zero attached hydrogens (tertiary/aromatic N) is 1. The van der Waals surface area contributed by atoms with Crippen LogP contribution in [-0.2, 0) is 0 Å². The van der Waals surface area contributed by atoms with Gasteiger partial charge in [0.2, 0.25) is 0 Å². The molecular weight excluding hydrogens is 188 g/mol. The molecule has 1 heterocycles. The zero-order chi connectivity index (χ0) is 11.4. The Kier molecular flexibility index (Phi) is 4.33. The van der Waals surface area contributed by atoms with E-state index in [-0.39, 0.29) is 0 Å². The van der Waals surface area contributed by atoms with Crippen molar-refractivity contribution in [1.82, 2.24) is 10.5 Å². The highest BCUT2D eigenvalue weighted by molar-refractivity contribution is 5.24. The molecule has 1 aromatic heterocycles. The van der Waals surface area contributed by atoms with Gasteiger partial charge in [-0.15, -0.1) is 0 Å². The molecule has 1 unspecified atom stereocenters. The first-order chi connectivity index (χ1) is 7.02. The molecule has 0 aliphatic rings. The van der Waals surface area contributed by atoms with Crippen LogP contribution in [-0.4, -0.2) is 11.7 Å². The maximum Gasteiger partial charge on any atom is 0.138 e. The molecule has 3 heteroatoms. The van der Waals surface area contributed by atoms with Crippen LogP contribution in [0, 0.1) is 19.8 Å². The third-order valence-corrected chi connectivity index (χ3v) is 2.69. The Labute approximate surface area is 92.2 Å². The molecule has 0 fully saturated rings. The van der Waals surface area contributed by atoms with E-state index >= 15 is 0 Å². The van der Waals surface area contributed by atoms with Crippen LogP contribution in [0.5, 0.6) is 0 Å². The molecule has 0 radical (unpaired) electrons. The SMILES string of the molecule is Cc1noc(C)c1C(C)NCCC(C)C. The third-order valence-electron chi connectivity index (χ3n) is 2.69. The van der Waals surface area contributed by atoms with E-state index in [1.54, 1.807) is 0 Å². The van der Waals surface area contributed by atoms with Crippen molar-refractivity contribution in [3.8, 4) is 0 Å². The second kappa shape index (κ2) is 5.31. The molecule has 3 nitrogen and oxygen atoms in total. The Morgan fingerprint density at radius 2 is 1.93 bits per heavy atom. The van der Waals surface area contributed by atoms with Crippen molar-refractivity contribution in [2.75, 3.05) is 6.54 Å². The van der Waals surface area contributed by atoms with Gasteiger partial charge in [-0.2, -0.15) is 0 Å². The summed E-state index contributed by atoms with van der Waals surface area (Å²) < 4.78 is 5.15. The number of rotatable bonds is 5. The Morgan fingerprint density at radius 3 is 2.40 bits per heavy atom. The van der Waals surface area contributed by atoms with E-state index in [9.17, 15) is 0 Å². The van der Waals surface area contributed by atoms with Gasteiger partial charge in [0.15, 0.2) is 0 Å². The van der Waals surface area contributed by atoms with E-state index < -0.39 is 0 Å². The van der Waals surface area contributed by atoms with E-state index in [0.29, 0.717) is 6.04 Å². The van der Waals surface area contributed by atoms with Crippen molar-refractivity contribution < 1.29 is 4.52 Å². The normalized spacial score (nSPS) is 13.5. The Bertz CT molecular complexity index is 285. The molecule has 0 saturated carbocycles. The summed E-state index contributed by atoms with van der Waals surface area (Å²) in [5.74, 6) is 1.67. The molecular formula is C12H22N2O. The summed E-state index contributed by atoms with van der Waals surface area (Å²) in [6, 6.07) is 0.329. The zero-order valence-electron chi connectivity index (χ0n) is 10.4. The predicted octanol–water partition coefficient (Wildman–Crippen LogP) is 2.99. The molecule has 0 aromatic carbocycles. The summed E-state index contributed by atoms with van der Waals surface area (Å²) in [4.78, 5) is 0. The number of hydrogen-bond acceptors (Lipinski definition) is 3. The van der Waals surface area contributed by atoms with Gasteiger partial charge in [-0.25, -0.2) is 0 Å². The van der Waals surface area contributed by atoms with Crippen molar-refractivity contribution in [3.05, 3.63) is 17.0 Å². The van der Waals surface area contributed by atoms with Crippen molar-refractivity contribution in [2.24, 2.45) is 5.92 Å². The average molecular weight is 210 g/mol. The van der Waals surface area contributed by atoms with E-state index in [2.05, 4.69) is 31.2 Å². The van der Waals surface area contributed by atoms with Crippen molar-refractivity contribution in [3.63, 3.8) is 0 Å². The Balaban J connectivity index is 2.50. The number of hydrogen-bond donors (Lipinski definition) is 1. The molecule has 1 aromatic rings. The number of aryl methyl sites for hydroxylation is 2. The predicted molar refractivity (Wildman–Crippen MR) is 61.8 cm³/mol. The summed E-state index contributed by atoms with van der Waals surface area (Å²) in [5.41, 5.74) is 2.20. The van der Waals surface area contributed by atoms with Crippen LogP contribution in [0.2, 0.25) is 0 Å². The van der Waals surface area contributed by atoms with Crippen LogP contribution in [0.1, 0.15) is 50.3 Å². The summed E-state index contributed by atoms with van der Waals surface area (Å²) in [5, 5.41) is 7.46. The molecule has 0 spiro atoms. The molecule has 15 heavy (non-hydrogen) atoms. The van der Waals surface area contributed by atoms with Crippen LogP contribution in [0.4, 0.5) is 0 Å². The van der Waals surface area contributed by atoms with E-state index in [1.807, 2.05) is 13.8 Å². The van der Waals surface area contributed by atoms with Gasteiger partial charge in [-0.3, -0.25) is 0 Å². The van der Waals surface area contributed by atoms with Gasteiger partial charge in [0.25, 0.3) is 0 Å². The Hall–Kier alpha value is -0.830. The van der Waals surface area contributed by atoms with Gasteiger partial charge in [0.05, 0.1) is 5.69 Å². The van der Waals surface area contributed by atoms with Crippen LogP contribution in [0.25, 0.3) is 0 Å². The van der Waals surface area contributed by atoms with E-state index in [0.717, 1.165) is 23.9 Å². The van der Waals surface area contributed by atoms with Gasteiger partial charge < -0.3 is 9.84 Å². The summed E-state index contributed by atoms with van der Waals surface area (Å²) >= 11 is 0. The average Bonchev–Trinajstić information content (AvgIpc) is 2.45. The van der Waals surface area contributed by atoms with Gasteiger partial charge in [0.1, 0.15) is 5.76 Å². The molecule has 0 saturated heterocycles. The van der Waals surface area contributed by atoms with Crippen LogP contribution < -0.4 is 5.32 Å². The number of aromatic nitrogens is 1. The zero-order valence-corrected chi connectivity index (χ0v) is 10.4. The maximum atomic E-state index is 5.15. The van der Waals surface area contributed by atoms with Gasteiger partial charge >= 0.3 is 0 Å². The monoisotopic (exact) mass is 210 g/mol. The van der Waals surface area contributed by atoms with Crippen molar-refractivity contribution in [1.29, 1.82) is 0 Å². The fourth-order valence-electron chi connectivity index (χ4n) is 1.80. The first-order valence-corrected chi connectivity index (χ1v) is 5.68. The van der Waals surface area contributed by atoms with Gasteiger partial charge in [-0.05, 0) is 39.7 Å². The van der Waals surface area contributed by atoms with Gasteiger partial charge in [0, 0.05) is 11.6 Å². The van der Waals surface area contributed by atoms with Crippen molar-refractivity contribution in [2.45, 2.75) is 47.1 Å². The quantitative estimate of drug-likeness (QED) is 0.812.